The Morgan fingerprint density at radius 1 is 1.16 bits per heavy atom. The zero-order valence-electron chi connectivity index (χ0n) is 11.9. The Hall–Kier alpha value is -1.17. The van der Waals surface area contributed by atoms with Crippen molar-refractivity contribution in [2.75, 3.05) is 33.5 Å². The topological polar surface area (TPSA) is 66.6 Å². The molecule has 0 aromatic carbocycles. The molecule has 0 unspecified atom stereocenters. The van der Waals surface area contributed by atoms with Crippen LogP contribution in [0.3, 0.4) is 0 Å². The number of hydrogen-bond donors (Lipinski definition) is 1. The summed E-state index contributed by atoms with van der Waals surface area (Å²) in [6, 6.07) is 3.89. The fraction of sp³-hybridized carbons (Fsp3) is 0.643. The first kappa shape index (κ1) is 15.9. The molecule has 2 N–H and O–H groups in total. The molecular formula is C14H24N2O3. The van der Waals surface area contributed by atoms with E-state index in [9.17, 15) is 0 Å². The first-order valence-corrected chi connectivity index (χ1v) is 6.69. The van der Waals surface area contributed by atoms with Gasteiger partial charge in [0.2, 0.25) is 5.88 Å². The van der Waals surface area contributed by atoms with E-state index in [0.29, 0.717) is 32.2 Å². The molecule has 0 amide bonds. The summed E-state index contributed by atoms with van der Waals surface area (Å²) in [5.41, 5.74) is 7.69. The van der Waals surface area contributed by atoms with Crippen molar-refractivity contribution in [1.29, 1.82) is 0 Å². The molecule has 0 saturated heterocycles. The summed E-state index contributed by atoms with van der Waals surface area (Å²) in [4.78, 5) is 4.39. The van der Waals surface area contributed by atoms with E-state index in [1.807, 2.05) is 12.1 Å². The van der Waals surface area contributed by atoms with E-state index < -0.39 is 0 Å². The highest BCUT2D eigenvalue weighted by atomic mass is 16.5. The third kappa shape index (κ3) is 6.52. The van der Waals surface area contributed by atoms with Crippen LogP contribution in [0.4, 0.5) is 0 Å². The Balaban J connectivity index is 2.28. The molecular weight excluding hydrogens is 244 g/mol. The van der Waals surface area contributed by atoms with Gasteiger partial charge in [-0.3, -0.25) is 0 Å². The molecule has 108 valence electrons. The fourth-order valence-corrected chi connectivity index (χ4v) is 1.61. The quantitative estimate of drug-likeness (QED) is 0.652. The molecule has 0 aliphatic rings. The Morgan fingerprint density at radius 2 is 2.00 bits per heavy atom. The molecule has 1 aromatic heterocycles. The van der Waals surface area contributed by atoms with Gasteiger partial charge < -0.3 is 19.9 Å². The minimum Gasteiger partial charge on any atom is -0.475 e. The van der Waals surface area contributed by atoms with Gasteiger partial charge in [0.15, 0.2) is 0 Å². The van der Waals surface area contributed by atoms with Gasteiger partial charge >= 0.3 is 0 Å². The average molecular weight is 268 g/mol. The number of nitrogens with two attached hydrogens (primary N) is 1. The van der Waals surface area contributed by atoms with E-state index in [2.05, 4.69) is 11.9 Å². The van der Waals surface area contributed by atoms with Gasteiger partial charge in [-0.2, -0.15) is 0 Å². The van der Waals surface area contributed by atoms with Crippen LogP contribution in [0.2, 0.25) is 0 Å². The monoisotopic (exact) mass is 268 g/mol. The number of hydrogen-bond acceptors (Lipinski definition) is 5. The van der Waals surface area contributed by atoms with Gasteiger partial charge in [0, 0.05) is 38.6 Å². The highest BCUT2D eigenvalue weighted by molar-refractivity contribution is 5.25. The van der Waals surface area contributed by atoms with E-state index in [-0.39, 0.29) is 0 Å². The van der Waals surface area contributed by atoms with Crippen molar-refractivity contribution in [2.45, 2.75) is 26.3 Å². The van der Waals surface area contributed by atoms with E-state index in [4.69, 9.17) is 19.9 Å². The van der Waals surface area contributed by atoms with Gasteiger partial charge in [-0.25, -0.2) is 4.98 Å². The SMILES string of the molecule is CCc1cc(CN)cc(OCCOCCCOC)n1. The predicted octanol–water partition coefficient (Wildman–Crippen LogP) is 1.53. The van der Waals surface area contributed by atoms with Crippen molar-refractivity contribution in [3.05, 3.63) is 23.4 Å². The van der Waals surface area contributed by atoms with Gasteiger partial charge in [-0.15, -0.1) is 0 Å². The van der Waals surface area contributed by atoms with Crippen LogP contribution in [-0.4, -0.2) is 38.5 Å². The van der Waals surface area contributed by atoms with Crippen molar-refractivity contribution in [1.82, 2.24) is 4.98 Å². The number of ether oxygens (including phenoxy) is 3. The summed E-state index contributed by atoms with van der Waals surface area (Å²) in [6.45, 7) is 5.02. The summed E-state index contributed by atoms with van der Waals surface area (Å²) in [5, 5.41) is 0. The molecule has 1 heterocycles. The lowest BCUT2D eigenvalue weighted by Crippen LogP contribution is -2.10. The molecule has 0 bridgehead atoms. The first-order chi connectivity index (χ1) is 9.30. The maximum Gasteiger partial charge on any atom is 0.213 e. The molecule has 19 heavy (non-hydrogen) atoms. The third-order valence-electron chi connectivity index (χ3n) is 2.63. The summed E-state index contributed by atoms with van der Waals surface area (Å²) < 4.78 is 15.9. The maximum absolute atomic E-state index is 5.65. The van der Waals surface area contributed by atoms with Crippen molar-refractivity contribution in [3.63, 3.8) is 0 Å². The lowest BCUT2D eigenvalue weighted by Gasteiger charge is -2.09. The minimum atomic E-state index is 0.497. The zero-order chi connectivity index (χ0) is 13.9. The number of rotatable bonds is 10. The van der Waals surface area contributed by atoms with Crippen molar-refractivity contribution in [2.24, 2.45) is 5.73 Å². The van der Waals surface area contributed by atoms with E-state index in [1.54, 1.807) is 7.11 Å². The van der Waals surface area contributed by atoms with Gasteiger partial charge in [-0.05, 0) is 24.5 Å². The fourth-order valence-electron chi connectivity index (χ4n) is 1.61. The van der Waals surface area contributed by atoms with Crippen LogP contribution in [0.25, 0.3) is 0 Å². The second-order valence-electron chi connectivity index (χ2n) is 4.17. The van der Waals surface area contributed by atoms with Crippen LogP contribution in [0, 0.1) is 0 Å². The van der Waals surface area contributed by atoms with Crippen molar-refractivity contribution in [3.8, 4) is 5.88 Å². The Labute approximate surface area is 115 Å². The Kier molecular flexibility index (Phi) is 8.13. The van der Waals surface area contributed by atoms with Crippen molar-refractivity contribution < 1.29 is 14.2 Å². The summed E-state index contributed by atoms with van der Waals surface area (Å²) >= 11 is 0. The highest BCUT2D eigenvalue weighted by Crippen LogP contribution is 2.12. The van der Waals surface area contributed by atoms with Crippen LogP contribution in [0.5, 0.6) is 5.88 Å². The molecule has 0 radical (unpaired) electrons. The van der Waals surface area contributed by atoms with E-state index in [1.165, 1.54) is 0 Å². The molecule has 0 fully saturated rings. The van der Waals surface area contributed by atoms with Crippen molar-refractivity contribution >= 4 is 0 Å². The first-order valence-electron chi connectivity index (χ1n) is 6.69. The number of nitrogens with zero attached hydrogens (tertiary/aromatic N) is 1. The largest absolute Gasteiger partial charge is 0.475 e. The Bertz CT molecular complexity index is 336. The lowest BCUT2D eigenvalue weighted by molar-refractivity contribution is 0.0795. The van der Waals surface area contributed by atoms with E-state index >= 15 is 0 Å². The van der Waals surface area contributed by atoms with Crippen LogP contribution in [-0.2, 0) is 22.4 Å². The summed E-state index contributed by atoms with van der Waals surface area (Å²) in [7, 11) is 1.69. The smallest absolute Gasteiger partial charge is 0.213 e. The average Bonchev–Trinajstić information content (AvgIpc) is 2.45. The van der Waals surface area contributed by atoms with Gasteiger partial charge in [0.25, 0.3) is 0 Å². The maximum atomic E-state index is 5.65. The van der Waals surface area contributed by atoms with Gasteiger partial charge in [0.05, 0.1) is 6.61 Å². The molecule has 0 spiro atoms. The normalized spacial score (nSPS) is 10.7. The number of aromatic nitrogens is 1. The second kappa shape index (κ2) is 9.72. The van der Waals surface area contributed by atoms with Crippen LogP contribution in [0.15, 0.2) is 12.1 Å². The summed E-state index contributed by atoms with van der Waals surface area (Å²) in [6.07, 6.45) is 1.77. The highest BCUT2D eigenvalue weighted by Gasteiger charge is 2.02. The molecule has 0 atom stereocenters. The standard InChI is InChI=1S/C14H24N2O3/c1-3-13-9-12(11-15)10-14(16-13)19-8-7-18-6-4-5-17-2/h9-10H,3-8,11,15H2,1-2H3. The van der Waals surface area contributed by atoms with Gasteiger partial charge in [-0.1, -0.05) is 6.92 Å². The molecule has 0 aliphatic heterocycles. The van der Waals surface area contributed by atoms with Crippen LogP contribution in [0.1, 0.15) is 24.6 Å². The molecule has 1 rings (SSSR count). The molecule has 1 aromatic rings. The zero-order valence-corrected chi connectivity index (χ0v) is 11.9. The number of aryl methyl sites for hydroxylation is 1. The number of methoxy groups -OCH3 is 1. The minimum absolute atomic E-state index is 0.497. The van der Waals surface area contributed by atoms with Crippen LogP contribution < -0.4 is 10.5 Å². The second-order valence-corrected chi connectivity index (χ2v) is 4.17. The number of pyridine rings is 1. The molecule has 0 aliphatic carbocycles. The molecule has 5 heteroatoms. The Morgan fingerprint density at radius 3 is 2.68 bits per heavy atom. The molecule has 0 saturated carbocycles. The van der Waals surface area contributed by atoms with Crippen LogP contribution >= 0.6 is 0 Å². The summed E-state index contributed by atoms with van der Waals surface area (Å²) in [5.74, 6) is 0.625. The van der Waals surface area contributed by atoms with Gasteiger partial charge in [0.1, 0.15) is 6.61 Å². The molecule has 5 nitrogen and oxygen atoms in total. The van der Waals surface area contributed by atoms with E-state index in [0.717, 1.165) is 30.7 Å². The lowest BCUT2D eigenvalue weighted by atomic mass is 10.2. The third-order valence-corrected chi connectivity index (χ3v) is 2.63. The predicted molar refractivity (Wildman–Crippen MR) is 74.3 cm³/mol.